The molecule has 17 heavy (non-hydrogen) atoms. The molecule has 0 aromatic carbocycles. The van der Waals surface area contributed by atoms with Gasteiger partial charge in [-0.05, 0) is 12.8 Å². The fourth-order valence-electron chi connectivity index (χ4n) is 1.29. The molecule has 0 amide bonds. The standard InChI is InChI=1S/2C5H9O.3O.2Ti/c2*1-5-3-2-4-6-5;;;;;/h2*5H,1-4H2;;;;;/q2*-1;3*-2;2*+4. The van der Waals surface area contributed by atoms with Crippen LogP contribution in [0.3, 0.4) is 0 Å². The van der Waals surface area contributed by atoms with Crippen molar-refractivity contribution in [3.05, 3.63) is 13.8 Å². The van der Waals surface area contributed by atoms with Crippen LogP contribution in [-0.2, 0) is 69.3 Å². The molecule has 0 aromatic rings. The summed E-state index contributed by atoms with van der Waals surface area (Å²) in [5, 5.41) is 0. The van der Waals surface area contributed by atoms with Gasteiger partial charge in [0.2, 0.25) is 0 Å². The Bertz CT molecular complexity index is 103. The Kier molecular flexibility index (Phi) is 35.6. The van der Waals surface area contributed by atoms with Gasteiger partial charge in [0.1, 0.15) is 0 Å². The van der Waals surface area contributed by atoms with Crippen LogP contribution in [0.4, 0.5) is 0 Å². The molecule has 0 radical (unpaired) electrons. The number of rotatable bonds is 0. The Morgan fingerprint density at radius 1 is 0.706 bits per heavy atom. The quantitative estimate of drug-likeness (QED) is 0.501. The maximum atomic E-state index is 5.04. The van der Waals surface area contributed by atoms with E-state index in [-0.39, 0.29) is 59.9 Å². The molecule has 2 saturated heterocycles. The fourth-order valence-corrected chi connectivity index (χ4v) is 1.29. The second-order valence-electron chi connectivity index (χ2n) is 3.27. The molecule has 0 aliphatic carbocycles. The first-order valence-corrected chi connectivity index (χ1v) is 4.68. The van der Waals surface area contributed by atoms with Crippen LogP contribution >= 0.6 is 0 Å². The first-order chi connectivity index (χ1) is 5.79. The third-order valence-corrected chi connectivity index (χ3v) is 2.05. The van der Waals surface area contributed by atoms with Gasteiger partial charge in [0.05, 0.1) is 0 Å². The summed E-state index contributed by atoms with van der Waals surface area (Å²) in [4.78, 5) is 0. The summed E-state index contributed by atoms with van der Waals surface area (Å²) in [7, 11) is 0. The van der Waals surface area contributed by atoms with Crippen molar-refractivity contribution in [2.75, 3.05) is 13.2 Å². The largest absolute Gasteiger partial charge is 4.00 e. The van der Waals surface area contributed by atoms with E-state index in [0.29, 0.717) is 12.2 Å². The minimum Gasteiger partial charge on any atom is -2.00 e. The molecule has 7 heteroatoms. The smallest absolute Gasteiger partial charge is 2.00 e. The molecule has 2 fully saturated rings. The number of ether oxygens (including phenoxy) is 2. The van der Waals surface area contributed by atoms with Gasteiger partial charge in [0, 0.05) is 13.2 Å². The van der Waals surface area contributed by atoms with E-state index in [2.05, 4.69) is 13.8 Å². The van der Waals surface area contributed by atoms with E-state index >= 15 is 0 Å². The summed E-state index contributed by atoms with van der Waals surface area (Å²) >= 11 is 0. The molecule has 0 aromatic heterocycles. The van der Waals surface area contributed by atoms with E-state index in [0.717, 1.165) is 26.1 Å². The van der Waals surface area contributed by atoms with E-state index in [1.54, 1.807) is 0 Å². The SMILES string of the molecule is [CH2-]C1CCCO1.[CH2-]C1CCCO1.[O-2].[O-2].[O-2].[Ti+4].[Ti+4]. The van der Waals surface area contributed by atoms with Crippen LogP contribution in [-0.4, -0.2) is 25.4 Å². The van der Waals surface area contributed by atoms with Crippen molar-refractivity contribution in [2.24, 2.45) is 0 Å². The fraction of sp³-hybridized carbons (Fsp3) is 0.800. The Balaban J connectivity index is -0.0000000436. The van der Waals surface area contributed by atoms with Crippen molar-refractivity contribution in [1.29, 1.82) is 0 Å². The molecule has 2 atom stereocenters. The van der Waals surface area contributed by atoms with Gasteiger partial charge in [0.25, 0.3) is 0 Å². The molecule has 0 spiro atoms. The van der Waals surface area contributed by atoms with Gasteiger partial charge >= 0.3 is 43.4 Å². The Labute approximate surface area is 134 Å². The van der Waals surface area contributed by atoms with Crippen LogP contribution in [0.25, 0.3) is 0 Å². The van der Waals surface area contributed by atoms with Gasteiger partial charge in [-0.2, -0.15) is 0 Å². The van der Waals surface area contributed by atoms with Gasteiger partial charge in [-0.1, -0.05) is 25.0 Å². The maximum absolute atomic E-state index is 5.04. The van der Waals surface area contributed by atoms with Crippen LogP contribution in [0.1, 0.15) is 25.7 Å². The average Bonchev–Trinajstić information content (AvgIpc) is 2.63. The van der Waals surface area contributed by atoms with Crippen LogP contribution in [0, 0.1) is 13.8 Å². The molecule has 0 bridgehead atoms. The molecule has 96 valence electrons. The predicted molar refractivity (Wildman–Crippen MR) is 50.7 cm³/mol. The van der Waals surface area contributed by atoms with E-state index < -0.39 is 0 Å². The molecule has 0 saturated carbocycles. The molecule has 2 aliphatic rings. The summed E-state index contributed by atoms with van der Waals surface area (Å²) in [5.41, 5.74) is 0. The maximum Gasteiger partial charge on any atom is 4.00 e. The van der Waals surface area contributed by atoms with Crippen LogP contribution < -0.4 is 0 Å². The molecular weight excluding hydrogens is 296 g/mol. The molecular formula is C10H18O5Ti2. The Morgan fingerprint density at radius 2 is 1.00 bits per heavy atom. The van der Waals surface area contributed by atoms with Gasteiger partial charge in [0.15, 0.2) is 0 Å². The van der Waals surface area contributed by atoms with Crippen molar-refractivity contribution in [2.45, 2.75) is 37.9 Å². The molecule has 2 heterocycles. The first-order valence-electron chi connectivity index (χ1n) is 4.68. The normalized spacial score (nSPS) is 24.4. The second kappa shape index (κ2) is 19.6. The molecule has 2 unspecified atom stereocenters. The van der Waals surface area contributed by atoms with E-state index in [1.807, 2.05) is 0 Å². The summed E-state index contributed by atoms with van der Waals surface area (Å²) in [6.07, 6.45) is 5.30. The van der Waals surface area contributed by atoms with Crippen molar-refractivity contribution in [3.63, 3.8) is 0 Å². The van der Waals surface area contributed by atoms with Crippen LogP contribution in [0.5, 0.6) is 0 Å². The minimum atomic E-state index is 0. The Hall–Kier alpha value is 1.23. The summed E-state index contributed by atoms with van der Waals surface area (Å²) < 4.78 is 10.1. The molecule has 2 rings (SSSR count). The predicted octanol–water partition coefficient (Wildman–Crippen LogP) is 1.64. The zero-order valence-electron chi connectivity index (χ0n) is 9.85. The second-order valence-corrected chi connectivity index (χ2v) is 3.27. The number of hydrogen-bond acceptors (Lipinski definition) is 2. The first kappa shape index (κ1) is 30.9. The Morgan fingerprint density at radius 3 is 1.06 bits per heavy atom. The number of hydrogen-bond donors (Lipinski definition) is 0. The van der Waals surface area contributed by atoms with Gasteiger partial charge < -0.3 is 39.7 Å². The average molecular weight is 314 g/mol. The van der Waals surface area contributed by atoms with Crippen molar-refractivity contribution in [3.8, 4) is 0 Å². The summed E-state index contributed by atoms with van der Waals surface area (Å²) in [5.74, 6) is 0. The molecule has 2 aliphatic heterocycles. The van der Waals surface area contributed by atoms with E-state index in [4.69, 9.17) is 9.47 Å². The third kappa shape index (κ3) is 17.2. The molecule has 5 nitrogen and oxygen atoms in total. The monoisotopic (exact) mass is 314 g/mol. The van der Waals surface area contributed by atoms with E-state index in [9.17, 15) is 0 Å². The van der Waals surface area contributed by atoms with Crippen molar-refractivity contribution in [1.82, 2.24) is 0 Å². The third-order valence-electron chi connectivity index (χ3n) is 2.05. The summed E-state index contributed by atoms with van der Waals surface area (Å²) in [6, 6.07) is 0. The van der Waals surface area contributed by atoms with Crippen LogP contribution in [0.2, 0.25) is 0 Å². The van der Waals surface area contributed by atoms with Crippen molar-refractivity contribution < 1.29 is 69.3 Å². The van der Waals surface area contributed by atoms with Crippen molar-refractivity contribution >= 4 is 0 Å². The van der Waals surface area contributed by atoms with Gasteiger partial charge in [-0.15, -0.1) is 0 Å². The van der Waals surface area contributed by atoms with Crippen LogP contribution in [0.15, 0.2) is 0 Å². The van der Waals surface area contributed by atoms with E-state index in [1.165, 1.54) is 12.8 Å². The minimum absolute atomic E-state index is 0. The summed E-state index contributed by atoms with van der Waals surface area (Å²) in [6.45, 7) is 9.28. The zero-order valence-corrected chi connectivity index (χ0v) is 13.0. The zero-order chi connectivity index (χ0) is 8.81. The van der Waals surface area contributed by atoms with Gasteiger partial charge in [-0.3, -0.25) is 0 Å². The molecule has 0 N–H and O–H groups in total. The topological polar surface area (TPSA) is 104 Å². The van der Waals surface area contributed by atoms with Gasteiger partial charge in [-0.25, -0.2) is 0 Å².